The largest absolute Gasteiger partial charge is 0.393 e. The van der Waals surface area contributed by atoms with E-state index in [4.69, 9.17) is 18.0 Å². The summed E-state index contributed by atoms with van der Waals surface area (Å²) in [6, 6.07) is 10.2. The van der Waals surface area contributed by atoms with Crippen molar-refractivity contribution in [1.29, 1.82) is 0 Å². The third kappa shape index (κ3) is 4.53. The molecule has 0 spiro atoms. The van der Waals surface area contributed by atoms with Gasteiger partial charge in [0.15, 0.2) is 0 Å². The van der Waals surface area contributed by atoms with Crippen molar-refractivity contribution >= 4 is 23.1 Å². The second-order valence-electron chi connectivity index (χ2n) is 6.02. The second kappa shape index (κ2) is 7.55. The van der Waals surface area contributed by atoms with E-state index in [1.165, 1.54) is 19.3 Å². The van der Waals surface area contributed by atoms with E-state index in [1.807, 2.05) is 30.3 Å². The van der Waals surface area contributed by atoms with Crippen LogP contribution in [0.15, 0.2) is 30.3 Å². The lowest BCUT2D eigenvalue weighted by Crippen LogP contribution is -2.47. The molecule has 1 amide bonds. The summed E-state index contributed by atoms with van der Waals surface area (Å²) in [4.78, 5) is 12.8. The highest BCUT2D eigenvalue weighted by molar-refractivity contribution is 7.80. The first-order valence-corrected chi connectivity index (χ1v) is 8.12. The predicted octanol–water partition coefficient (Wildman–Crippen LogP) is 2.83. The first-order valence-electron chi connectivity index (χ1n) is 7.71. The number of benzene rings is 1. The monoisotopic (exact) mass is 304 g/mol. The van der Waals surface area contributed by atoms with Crippen LogP contribution in [0.2, 0.25) is 0 Å². The molecule has 1 aromatic rings. The Bertz CT molecular complexity index is 489. The number of hydrogen-bond acceptors (Lipinski definition) is 2. The number of carbonyl (C=O) groups excluding carboxylic acids is 1. The Morgan fingerprint density at radius 2 is 2.00 bits per heavy atom. The molecule has 3 nitrogen and oxygen atoms in total. The number of thiocarbonyl (C=S) groups is 1. The first-order chi connectivity index (χ1) is 10.1. The number of nitrogens with one attached hydrogen (secondary N) is 1. The third-order valence-electron chi connectivity index (χ3n) is 4.38. The summed E-state index contributed by atoms with van der Waals surface area (Å²) in [5.74, 6) is 0.0908. The van der Waals surface area contributed by atoms with E-state index in [9.17, 15) is 4.79 Å². The topological polar surface area (TPSA) is 55.1 Å². The van der Waals surface area contributed by atoms with Crippen LogP contribution in [-0.4, -0.2) is 16.9 Å². The van der Waals surface area contributed by atoms with Crippen LogP contribution in [0.1, 0.15) is 38.2 Å². The number of hydrogen-bond donors (Lipinski definition) is 2. The Labute approximate surface area is 132 Å². The molecule has 1 aromatic carbocycles. The molecule has 1 aliphatic carbocycles. The molecule has 0 bridgehead atoms. The van der Waals surface area contributed by atoms with Gasteiger partial charge in [0.2, 0.25) is 5.91 Å². The lowest BCUT2D eigenvalue weighted by Gasteiger charge is -2.30. The molecule has 3 atom stereocenters. The van der Waals surface area contributed by atoms with Crippen molar-refractivity contribution in [1.82, 2.24) is 5.32 Å². The maximum atomic E-state index is 12.5. The maximum Gasteiger partial charge on any atom is 0.230 e. The summed E-state index contributed by atoms with van der Waals surface area (Å²) in [5, 5.41) is 3.16. The fourth-order valence-corrected chi connectivity index (χ4v) is 3.18. The van der Waals surface area contributed by atoms with Crippen molar-refractivity contribution in [2.45, 2.75) is 45.1 Å². The van der Waals surface area contributed by atoms with Crippen molar-refractivity contribution in [2.24, 2.45) is 17.6 Å². The molecule has 1 saturated carbocycles. The van der Waals surface area contributed by atoms with Crippen molar-refractivity contribution in [2.75, 3.05) is 0 Å². The summed E-state index contributed by atoms with van der Waals surface area (Å²) in [7, 11) is 0. The van der Waals surface area contributed by atoms with Gasteiger partial charge in [0.25, 0.3) is 0 Å². The van der Waals surface area contributed by atoms with Crippen molar-refractivity contribution in [3.05, 3.63) is 35.9 Å². The van der Waals surface area contributed by atoms with Crippen molar-refractivity contribution in [3.8, 4) is 0 Å². The molecule has 0 aliphatic heterocycles. The van der Waals surface area contributed by atoms with E-state index in [1.54, 1.807) is 0 Å². The van der Waals surface area contributed by atoms with E-state index in [0.717, 1.165) is 12.0 Å². The molecule has 0 aromatic heterocycles. The average Bonchev–Trinajstić information content (AvgIpc) is 2.48. The Morgan fingerprint density at radius 1 is 1.33 bits per heavy atom. The van der Waals surface area contributed by atoms with Gasteiger partial charge in [-0.2, -0.15) is 0 Å². The van der Waals surface area contributed by atoms with Crippen molar-refractivity contribution in [3.63, 3.8) is 0 Å². The van der Waals surface area contributed by atoms with E-state index >= 15 is 0 Å². The van der Waals surface area contributed by atoms with E-state index in [0.29, 0.717) is 12.3 Å². The summed E-state index contributed by atoms with van der Waals surface area (Å²) in [6.07, 6.45) is 5.26. The van der Waals surface area contributed by atoms with Crippen LogP contribution >= 0.6 is 12.2 Å². The SMILES string of the molecule is CC1CCCCC1NC(=O)C(Cc1ccccc1)C(N)=S. The molecule has 3 N–H and O–H groups in total. The average molecular weight is 304 g/mol. The van der Waals surface area contributed by atoms with Crippen LogP contribution in [0, 0.1) is 11.8 Å². The summed E-state index contributed by atoms with van der Waals surface area (Å²) in [5.41, 5.74) is 6.88. The van der Waals surface area contributed by atoms with Crippen LogP contribution in [-0.2, 0) is 11.2 Å². The third-order valence-corrected chi connectivity index (χ3v) is 4.67. The van der Waals surface area contributed by atoms with Crippen LogP contribution in [0.25, 0.3) is 0 Å². The van der Waals surface area contributed by atoms with Gasteiger partial charge >= 0.3 is 0 Å². The minimum absolute atomic E-state index is 0.0231. The smallest absolute Gasteiger partial charge is 0.230 e. The molecule has 1 fully saturated rings. The zero-order chi connectivity index (χ0) is 15.2. The minimum Gasteiger partial charge on any atom is -0.393 e. The molecule has 114 valence electrons. The standard InChI is InChI=1S/C17H24N2OS/c1-12-7-5-6-10-15(12)19-17(20)14(16(18)21)11-13-8-3-2-4-9-13/h2-4,8-9,12,14-15H,5-7,10-11H2,1H3,(H2,18,21)(H,19,20). The lowest BCUT2D eigenvalue weighted by molar-refractivity contribution is -0.124. The molecule has 21 heavy (non-hydrogen) atoms. The predicted molar refractivity (Wildman–Crippen MR) is 90.0 cm³/mol. The highest BCUT2D eigenvalue weighted by atomic mass is 32.1. The quantitative estimate of drug-likeness (QED) is 0.823. The zero-order valence-electron chi connectivity index (χ0n) is 12.5. The highest BCUT2D eigenvalue weighted by Crippen LogP contribution is 2.24. The van der Waals surface area contributed by atoms with E-state index < -0.39 is 5.92 Å². The van der Waals surface area contributed by atoms with Gasteiger partial charge < -0.3 is 11.1 Å². The van der Waals surface area contributed by atoms with Gasteiger partial charge in [-0.3, -0.25) is 4.79 Å². The molecule has 0 saturated heterocycles. The fourth-order valence-electron chi connectivity index (χ4n) is 2.99. The van der Waals surface area contributed by atoms with Gasteiger partial charge in [-0.25, -0.2) is 0 Å². The molecule has 4 heteroatoms. The first kappa shape index (κ1) is 16.0. The van der Waals surface area contributed by atoms with Gasteiger partial charge in [0.05, 0.1) is 10.9 Å². The Kier molecular flexibility index (Phi) is 5.74. The molecule has 1 aliphatic rings. The Balaban J connectivity index is 2.00. The molecule has 3 unspecified atom stereocenters. The number of nitrogens with two attached hydrogens (primary N) is 1. The molecule has 0 radical (unpaired) electrons. The molecule has 0 heterocycles. The summed E-state index contributed by atoms with van der Waals surface area (Å²) < 4.78 is 0. The van der Waals surface area contributed by atoms with Gasteiger partial charge in [-0.15, -0.1) is 0 Å². The number of carbonyl (C=O) groups is 1. The van der Waals surface area contributed by atoms with E-state index in [2.05, 4.69) is 12.2 Å². The molecule has 2 rings (SSSR count). The Morgan fingerprint density at radius 3 is 2.62 bits per heavy atom. The van der Waals surface area contributed by atoms with Crippen LogP contribution in [0.3, 0.4) is 0 Å². The van der Waals surface area contributed by atoms with Crippen LogP contribution in [0.4, 0.5) is 0 Å². The second-order valence-corrected chi connectivity index (χ2v) is 6.49. The van der Waals surface area contributed by atoms with Gasteiger partial charge in [0, 0.05) is 6.04 Å². The summed E-state index contributed by atoms with van der Waals surface area (Å²) in [6.45, 7) is 2.21. The molecular formula is C17H24N2OS. The fraction of sp³-hybridized carbons (Fsp3) is 0.529. The summed E-state index contributed by atoms with van der Waals surface area (Å²) >= 11 is 5.11. The van der Waals surface area contributed by atoms with Gasteiger partial charge in [-0.05, 0) is 30.7 Å². The number of amides is 1. The minimum atomic E-state index is -0.420. The van der Waals surface area contributed by atoms with Crippen LogP contribution in [0.5, 0.6) is 0 Å². The van der Waals surface area contributed by atoms with Gasteiger partial charge in [0.1, 0.15) is 0 Å². The normalized spacial score (nSPS) is 23.3. The van der Waals surface area contributed by atoms with E-state index in [-0.39, 0.29) is 16.9 Å². The highest BCUT2D eigenvalue weighted by Gasteiger charge is 2.28. The van der Waals surface area contributed by atoms with Crippen molar-refractivity contribution < 1.29 is 4.79 Å². The van der Waals surface area contributed by atoms with Gasteiger partial charge in [-0.1, -0.05) is 62.3 Å². The number of rotatable bonds is 5. The lowest BCUT2D eigenvalue weighted by atomic mass is 9.85. The molecular weight excluding hydrogens is 280 g/mol. The Hall–Kier alpha value is -1.42. The van der Waals surface area contributed by atoms with Crippen LogP contribution < -0.4 is 11.1 Å². The zero-order valence-corrected chi connectivity index (χ0v) is 13.4. The maximum absolute atomic E-state index is 12.5.